The summed E-state index contributed by atoms with van der Waals surface area (Å²) >= 11 is 5.55. The SMILES string of the molecule is O=S(=O)(Oc1cccc(-n2cnnn2)c1)c1ccc(Cl)cc1C(F)(F)F. The summed E-state index contributed by atoms with van der Waals surface area (Å²) in [6, 6.07) is 7.82. The molecule has 7 nitrogen and oxygen atoms in total. The first-order chi connectivity index (χ1) is 12.2. The van der Waals surface area contributed by atoms with Crippen LogP contribution in [0, 0.1) is 0 Å². The fraction of sp³-hybridized carbons (Fsp3) is 0.0714. The normalized spacial score (nSPS) is 12.2. The molecule has 0 unspecified atom stereocenters. The summed E-state index contributed by atoms with van der Waals surface area (Å²) in [5.74, 6) is -0.207. The molecule has 1 heterocycles. The summed E-state index contributed by atoms with van der Waals surface area (Å²) in [6.07, 6.45) is -3.67. The maximum atomic E-state index is 13.1. The minimum Gasteiger partial charge on any atom is -0.379 e. The fourth-order valence-electron chi connectivity index (χ4n) is 2.07. The van der Waals surface area contributed by atoms with Crippen LogP contribution in [0.3, 0.4) is 0 Å². The van der Waals surface area contributed by atoms with Crippen molar-refractivity contribution in [3.8, 4) is 11.4 Å². The molecule has 0 saturated carbocycles. The van der Waals surface area contributed by atoms with Crippen molar-refractivity contribution < 1.29 is 25.8 Å². The van der Waals surface area contributed by atoms with Crippen molar-refractivity contribution in [3.05, 3.63) is 59.4 Å². The molecule has 12 heteroatoms. The van der Waals surface area contributed by atoms with E-state index in [0.717, 1.165) is 12.1 Å². The predicted molar refractivity (Wildman–Crippen MR) is 83.4 cm³/mol. The van der Waals surface area contributed by atoms with Gasteiger partial charge in [-0.15, -0.1) is 5.10 Å². The Hall–Kier alpha value is -2.66. The molecular formula is C14H8ClF3N4O3S. The molecule has 0 aliphatic rings. The summed E-state index contributed by atoms with van der Waals surface area (Å²) in [5.41, 5.74) is -1.06. The van der Waals surface area contributed by atoms with Gasteiger partial charge < -0.3 is 4.18 Å². The van der Waals surface area contributed by atoms with Crippen molar-refractivity contribution in [1.82, 2.24) is 20.2 Å². The second-order valence-corrected chi connectivity index (χ2v) is 6.88. The van der Waals surface area contributed by atoms with E-state index in [4.69, 9.17) is 15.8 Å². The van der Waals surface area contributed by atoms with Crippen LogP contribution in [-0.4, -0.2) is 28.6 Å². The third kappa shape index (κ3) is 3.78. The molecule has 1 aromatic heterocycles. The molecule has 2 aromatic carbocycles. The Bertz CT molecular complexity index is 1040. The number of rotatable bonds is 4. The number of halogens is 4. The molecule has 0 spiro atoms. The van der Waals surface area contributed by atoms with E-state index in [9.17, 15) is 21.6 Å². The van der Waals surface area contributed by atoms with Gasteiger partial charge in [0.25, 0.3) is 0 Å². The Balaban J connectivity index is 2.00. The topological polar surface area (TPSA) is 87.0 Å². The van der Waals surface area contributed by atoms with Gasteiger partial charge in [0.05, 0.1) is 11.3 Å². The summed E-state index contributed by atoms with van der Waals surface area (Å²) in [5, 5.41) is 10.2. The van der Waals surface area contributed by atoms with Crippen LogP contribution >= 0.6 is 11.6 Å². The molecule has 136 valence electrons. The van der Waals surface area contributed by atoms with Crippen LogP contribution in [0.2, 0.25) is 5.02 Å². The Kier molecular flexibility index (Phi) is 4.59. The number of aromatic nitrogens is 4. The maximum Gasteiger partial charge on any atom is 0.417 e. The van der Waals surface area contributed by atoms with E-state index in [0.29, 0.717) is 11.8 Å². The monoisotopic (exact) mass is 404 g/mol. The average molecular weight is 405 g/mol. The zero-order valence-corrected chi connectivity index (χ0v) is 14.1. The average Bonchev–Trinajstić information content (AvgIpc) is 3.08. The molecule has 0 amide bonds. The van der Waals surface area contributed by atoms with Gasteiger partial charge in [-0.2, -0.15) is 21.6 Å². The van der Waals surface area contributed by atoms with Crippen LogP contribution in [0.25, 0.3) is 5.69 Å². The Morgan fingerprint density at radius 3 is 2.54 bits per heavy atom. The van der Waals surface area contributed by atoms with Crippen LogP contribution < -0.4 is 4.18 Å². The largest absolute Gasteiger partial charge is 0.417 e. The molecule has 0 fully saturated rings. The summed E-state index contributed by atoms with van der Waals surface area (Å²) < 4.78 is 70.2. The second-order valence-electron chi connectivity index (χ2n) is 4.93. The van der Waals surface area contributed by atoms with E-state index in [1.54, 1.807) is 6.07 Å². The molecule has 0 aliphatic carbocycles. The zero-order chi connectivity index (χ0) is 18.9. The second kappa shape index (κ2) is 6.57. The minimum atomic E-state index is -4.93. The lowest BCUT2D eigenvalue weighted by Crippen LogP contribution is -2.17. The maximum absolute atomic E-state index is 13.1. The number of alkyl halides is 3. The summed E-state index contributed by atoms with van der Waals surface area (Å²) in [6.45, 7) is 0. The zero-order valence-electron chi connectivity index (χ0n) is 12.6. The first-order valence-corrected chi connectivity index (χ1v) is 8.60. The highest BCUT2D eigenvalue weighted by atomic mass is 35.5. The molecule has 0 radical (unpaired) electrons. The van der Waals surface area contributed by atoms with Gasteiger partial charge in [-0.25, -0.2) is 4.68 Å². The van der Waals surface area contributed by atoms with Gasteiger partial charge in [-0.1, -0.05) is 17.7 Å². The molecule has 3 aromatic rings. The molecule has 0 bridgehead atoms. The third-order valence-electron chi connectivity index (χ3n) is 3.15. The smallest absolute Gasteiger partial charge is 0.379 e. The highest BCUT2D eigenvalue weighted by Gasteiger charge is 2.38. The lowest BCUT2D eigenvalue weighted by atomic mass is 10.2. The molecule has 0 aliphatic heterocycles. The van der Waals surface area contributed by atoms with Crippen LogP contribution in [0.5, 0.6) is 5.75 Å². The van der Waals surface area contributed by atoms with Gasteiger partial charge in [0.1, 0.15) is 17.0 Å². The van der Waals surface area contributed by atoms with E-state index in [2.05, 4.69) is 15.5 Å². The van der Waals surface area contributed by atoms with Crippen molar-refractivity contribution in [1.29, 1.82) is 0 Å². The first kappa shape index (κ1) is 18.1. The summed E-state index contributed by atoms with van der Waals surface area (Å²) in [7, 11) is -4.77. The quantitative estimate of drug-likeness (QED) is 0.621. The first-order valence-electron chi connectivity index (χ1n) is 6.81. The van der Waals surface area contributed by atoms with Crippen molar-refractivity contribution in [2.75, 3.05) is 0 Å². The lowest BCUT2D eigenvalue weighted by molar-refractivity contribution is -0.139. The molecule has 0 saturated heterocycles. The van der Waals surface area contributed by atoms with Crippen LogP contribution in [0.1, 0.15) is 5.56 Å². The number of benzene rings is 2. The van der Waals surface area contributed by atoms with Crippen molar-refractivity contribution in [2.24, 2.45) is 0 Å². The summed E-state index contributed by atoms with van der Waals surface area (Å²) in [4.78, 5) is -1.04. The molecule has 3 rings (SSSR count). The van der Waals surface area contributed by atoms with Crippen molar-refractivity contribution in [2.45, 2.75) is 11.1 Å². The van der Waals surface area contributed by atoms with Crippen molar-refractivity contribution >= 4 is 21.7 Å². The fourth-order valence-corrected chi connectivity index (χ4v) is 3.37. The predicted octanol–water partition coefficient (Wildman–Crippen LogP) is 3.10. The van der Waals surface area contributed by atoms with E-state index < -0.39 is 26.8 Å². The Morgan fingerprint density at radius 1 is 1.12 bits per heavy atom. The number of tetrazole rings is 1. The van der Waals surface area contributed by atoms with Gasteiger partial charge in [0.15, 0.2) is 0 Å². The van der Waals surface area contributed by atoms with Crippen molar-refractivity contribution in [3.63, 3.8) is 0 Å². The van der Waals surface area contributed by atoms with Gasteiger partial charge in [0.2, 0.25) is 0 Å². The molecule has 0 N–H and O–H groups in total. The van der Waals surface area contributed by atoms with Gasteiger partial charge in [-0.3, -0.25) is 0 Å². The Labute approximate surface area is 150 Å². The highest BCUT2D eigenvalue weighted by molar-refractivity contribution is 7.87. The number of hydrogen-bond acceptors (Lipinski definition) is 6. The third-order valence-corrected chi connectivity index (χ3v) is 4.70. The minimum absolute atomic E-state index is 0.207. The van der Waals surface area contributed by atoms with Crippen LogP contribution in [-0.2, 0) is 16.3 Å². The molecular weight excluding hydrogens is 397 g/mol. The number of nitrogens with zero attached hydrogens (tertiary/aromatic N) is 4. The highest BCUT2D eigenvalue weighted by Crippen LogP contribution is 2.36. The molecule has 26 heavy (non-hydrogen) atoms. The Morgan fingerprint density at radius 2 is 1.88 bits per heavy atom. The van der Waals surface area contributed by atoms with Crippen LogP contribution in [0.4, 0.5) is 13.2 Å². The van der Waals surface area contributed by atoms with E-state index >= 15 is 0 Å². The lowest BCUT2D eigenvalue weighted by Gasteiger charge is -2.14. The van der Waals surface area contributed by atoms with Crippen LogP contribution in [0.15, 0.2) is 53.7 Å². The van der Waals surface area contributed by atoms with Gasteiger partial charge in [0, 0.05) is 11.1 Å². The molecule has 0 atom stereocenters. The van der Waals surface area contributed by atoms with E-state index in [1.165, 1.54) is 29.2 Å². The van der Waals surface area contributed by atoms with Gasteiger partial charge >= 0.3 is 16.3 Å². The number of hydrogen-bond donors (Lipinski definition) is 0. The van der Waals surface area contributed by atoms with E-state index in [1.807, 2.05) is 0 Å². The van der Waals surface area contributed by atoms with E-state index in [-0.39, 0.29) is 10.8 Å². The van der Waals surface area contributed by atoms with Gasteiger partial charge in [-0.05, 0) is 40.8 Å². The standard InChI is InChI=1S/C14H8ClF3N4O3S/c15-9-4-5-13(12(6-9)14(16,17)18)26(23,24)25-11-3-1-2-10(7-11)22-8-19-20-21-22/h1-8H.